The van der Waals surface area contributed by atoms with E-state index in [1.807, 2.05) is 18.7 Å². The van der Waals surface area contributed by atoms with Crippen molar-refractivity contribution in [2.24, 2.45) is 0 Å². The fourth-order valence-electron chi connectivity index (χ4n) is 2.06. The van der Waals surface area contributed by atoms with Crippen LogP contribution in [0.2, 0.25) is 0 Å². The van der Waals surface area contributed by atoms with Crippen LogP contribution in [0.15, 0.2) is 6.07 Å². The van der Waals surface area contributed by atoms with Crippen LogP contribution in [0.4, 0.5) is 11.6 Å². The van der Waals surface area contributed by atoms with E-state index < -0.39 is 5.60 Å². The highest BCUT2D eigenvalue weighted by molar-refractivity contribution is 5.48. The van der Waals surface area contributed by atoms with E-state index in [9.17, 15) is 5.11 Å². The number of anilines is 2. The molecule has 1 atom stereocenters. The van der Waals surface area contributed by atoms with Crippen LogP contribution in [0.25, 0.3) is 0 Å². The Hall–Kier alpha value is -1.40. The molecule has 2 rings (SSSR count). The van der Waals surface area contributed by atoms with Gasteiger partial charge >= 0.3 is 0 Å². The molecule has 6 nitrogen and oxygen atoms in total. The number of hydrogen-bond donors (Lipinski definition) is 2. The lowest BCUT2D eigenvalue weighted by molar-refractivity contribution is 0.0839. The van der Waals surface area contributed by atoms with Crippen molar-refractivity contribution in [1.82, 2.24) is 9.97 Å². The minimum Gasteiger partial charge on any atom is -0.388 e. The second kappa shape index (κ2) is 5.07. The van der Waals surface area contributed by atoms with E-state index in [1.54, 1.807) is 6.07 Å². The van der Waals surface area contributed by atoms with Crippen molar-refractivity contribution in [3.63, 3.8) is 0 Å². The Morgan fingerprint density at radius 2 is 2.33 bits per heavy atom. The zero-order chi connectivity index (χ0) is 13.2. The normalized spacial score (nSPS) is 23.6. The molecule has 0 spiro atoms. The number of ether oxygens (including phenoxy) is 1. The molecule has 3 N–H and O–H groups in total. The van der Waals surface area contributed by atoms with Crippen molar-refractivity contribution in [2.45, 2.75) is 32.5 Å². The maximum Gasteiger partial charge on any atom is 0.158 e. The molecule has 1 fully saturated rings. The lowest BCUT2D eigenvalue weighted by Gasteiger charge is -2.20. The van der Waals surface area contributed by atoms with Gasteiger partial charge in [0.2, 0.25) is 0 Å². The Labute approximate surface area is 107 Å². The van der Waals surface area contributed by atoms with Crippen LogP contribution >= 0.6 is 0 Å². The summed E-state index contributed by atoms with van der Waals surface area (Å²) in [5.41, 5.74) is 5.12. The third kappa shape index (κ3) is 3.08. The zero-order valence-electron chi connectivity index (χ0n) is 10.9. The summed E-state index contributed by atoms with van der Waals surface area (Å²) < 4.78 is 5.28. The number of β-amino-alcohol motifs (C(OH)–C–C–N with tert-alkyl or cyclic N) is 1. The highest BCUT2D eigenvalue weighted by Crippen LogP contribution is 2.25. The van der Waals surface area contributed by atoms with Gasteiger partial charge in [-0.25, -0.2) is 9.97 Å². The molecule has 0 aromatic carbocycles. The Balaban J connectivity index is 2.15. The number of rotatable bonds is 4. The first-order valence-electron chi connectivity index (χ1n) is 6.19. The molecule has 1 aromatic heterocycles. The highest BCUT2D eigenvalue weighted by Gasteiger charge is 2.32. The number of nitrogens with zero attached hydrogens (tertiary/aromatic N) is 3. The Bertz CT molecular complexity index is 423. The predicted octanol–water partition coefficient (Wildman–Crippen LogP) is 0.556. The van der Waals surface area contributed by atoms with E-state index in [4.69, 9.17) is 10.5 Å². The van der Waals surface area contributed by atoms with E-state index >= 15 is 0 Å². The lowest BCUT2D eigenvalue weighted by atomic mass is 10.1. The maximum absolute atomic E-state index is 9.97. The number of aliphatic hydroxyl groups is 1. The average Bonchev–Trinajstić information content (AvgIpc) is 2.66. The van der Waals surface area contributed by atoms with Gasteiger partial charge in [0.1, 0.15) is 18.2 Å². The van der Waals surface area contributed by atoms with Crippen molar-refractivity contribution >= 4 is 11.6 Å². The SMILES string of the molecule is CCOCc1nc(N)cc(N2CCC(C)(O)C2)n1. The van der Waals surface area contributed by atoms with Gasteiger partial charge in [-0.1, -0.05) is 0 Å². The van der Waals surface area contributed by atoms with Crippen LogP contribution in [0, 0.1) is 0 Å². The fraction of sp³-hybridized carbons (Fsp3) is 0.667. The van der Waals surface area contributed by atoms with Gasteiger partial charge < -0.3 is 20.5 Å². The topological polar surface area (TPSA) is 84.5 Å². The van der Waals surface area contributed by atoms with Crippen LogP contribution in [-0.2, 0) is 11.3 Å². The monoisotopic (exact) mass is 252 g/mol. The smallest absolute Gasteiger partial charge is 0.158 e. The van der Waals surface area contributed by atoms with Gasteiger partial charge in [0.25, 0.3) is 0 Å². The summed E-state index contributed by atoms with van der Waals surface area (Å²) in [5, 5.41) is 9.97. The minimum absolute atomic E-state index is 0.360. The van der Waals surface area contributed by atoms with Crippen molar-refractivity contribution in [1.29, 1.82) is 0 Å². The molecule has 0 aliphatic carbocycles. The Morgan fingerprint density at radius 3 is 2.94 bits per heavy atom. The summed E-state index contributed by atoms with van der Waals surface area (Å²) in [5.74, 6) is 1.77. The third-order valence-corrected chi connectivity index (χ3v) is 2.99. The van der Waals surface area contributed by atoms with E-state index in [0.717, 1.165) is 18.8 Å². The molecule has 100 valence electrons. The first kappa shape index (κ1) is 13.0. The van der Waals surface area contributed by atoms with Crippen LogP contribution in [0.5, 0.6) is 0 Å². The molecule has 6 heteroatoms. The van der Waals surface area contributed by atoms with Gasteiger partial charge in [-0.3, -0.25) is 0 Å². The first-order chi connectivity index (χ1) is 8.50. The summed E-state index contributed by atoms with van der Waals surface area (Å²) in [6.07, 6.45) is 0.734. The van der Waals surface area contributed by atoms with Gasteiger partial charge in [0.15, 0.2) is 5.82 Å². The van der Waals surface area contributed by atoms with Crippen LogP contribution in [-0.4, -0.2) is 40.4 Å². The van der Waals surface area contributed by atoms with Crippen LogP contribution in [0.1, 0.15) is 26.1 Å². The largest absolute Gasteiger partial charge is 0.388 e. The summed E-state index contributed by atoms with van der Waals surface area (Å²) >= 11 is 0. The van der Waals surface area contributed by atoms with E-state index in [0.29, 0.717) is 31.4 Å². The summed E-state index contributed by atoms with van der Waals surface area (Å²) in [7, 11) is 0. The number of hydrogen-bond acceptors (Lipinski definition) is 6. The number of aromatic nitrogens is 2. The molecular formula is C12H20N4O2. The fourth-order valence-corrected chi connectivity index (χ4v) is 2.06. The minimum atomic E-state index is -0.653. The van der Waals surface area contributed by atoms with E-state index in [1.165, 1.54) is 0 Å². The van der Waals surface area contributed by atoms with Gasteiger partial charge in [-0.2, -0.15) is 0 Å². The summed E-state index contributed by atoms with van der Waals surface area (Å²) in [4.78, 5) is 10.6. The predicted molar refractivity (Wildman–Crippen MR) is 69.2 cm³/mol. The molecule has 0 amide bonds. The molecule has 1 aromatic rings. The molecule has 1 unspecified atom stereocenters. The highest BCUT2D eigenvalue weighted by atomic mass is 16.5. The maximum atomic E-state index is 9.97. The molecule has 0 saturated carbocycles. The number of nitrogen functional groups attached to an aromatic ring is 1. The molecule has 1 aliphatic rings. The third-order valence-electron chi connectivity index (χ3n) is 2.99. The van der Waals surface area contributed by atoms with Gasteiger partial charge in [0, 0.05) is 25.8 Å². The summed E-state index contributed by atoms with van der Waals surface area (Å²) in [6.45, 7) is 6.07. The molecule has 1 saturated heterocycles. The van der Waals surface area contributed by atoms with Crippen LogP contribution in [0.3, 0.4) is 0 Å². The van der Waals surface area contributed by atoms with Crippen molar-refractivity contribution in [3.8, 4) is 0 Å². The van der Waals surface area contributed by atoms with Crippen molar-refractivity contribution < 1.29 is 9.84 Å². The van der Waals surface area contributed by atoms with Gasteiger partial charge in [0.05, 0.1) is 5.60 Å². The first-order valence-corrected chi connectivity index (χ1v) is 6.19. The van der Waals surface area contributed by atoms with E-state index in [-0.39, 0.29) is 0 Å². The van der Waals surface area contributed by atoms with Gasteiger partial charge in [-0.05, 0) is 20.3 Å². The summed E-state index contributed by atoms with van der Waals surface area (Å²) in [6, 6.07) is 1.73. The molecule has 2 heterocycles. The van der Waals surface area contributed by atoms with Crippen molar-refractivity contribution in [2.75, 3.05) is 30.3 Å². The molecule has 0 radical (unpaired) electrons. The molecule has 18 heavy (non-hydrogen) atoms. The molecule has 0 bridgehead atoms. The molecule has 1 aliphatic heterocycles. The average molecular weight is 252 g/mol. The van der Waals surface area contributed by atoms with Crippen LogP contribution < -0.4 is 10.6 Å². The van der Waals surface area contributed by atoms with Gasteiger partial charge in [-0.15, -0.1) is 0 Å². The number of nitrogens with two attached hydrogens (primary N) is 1. The lowest BCUT2D eigenvalue weighted by Crippen LogP contribution is -2.30. The second-order valence-corrected chi connectivity index (χ2v) is 4.87. The quantitative estimate of drug-likeness (QED) is 0.814. The van der Waals surface area contributed by atoms with E-state index in [2.05, 4.69) is 9.97 Å². The Kier molecular flexibility index (Phi) is 3.68. The zero-order valence-corrected chi connectivity index (χ0v) is 10.9. The molecular weight excluding hydrogens is 232 g/mol. The Morgan fingerprint density at radius 1 is 1.56 bits per heavy atom. The van der Waals surface area contributed by atoms with Crippen molar-refractivity contribution in [3.05, 3.63) is 11.9 Å². The standard InChI is InChI=1S/C12H20N4O2/c1-3-18-7-10-14-9(13)6-11(15-10)16-5-4-12(2,17)8-16/h6,17H,3-5,7-8H2,1-2H3,(H2,13,14,15). The second-order valence-electron chi connectivity index (χ2n) is 4.87.